The molecule has 0 unspecified atom stereocenters. The number of nitrogens with one attached hydrogen (secondary N) is 1. The zero-order valence-electron chi connectivity index (χ0n) is 20.8. The van der Waals surface area contributed by atoms with Crippen molar-refractivity contribution in [2.24, 2.45) is 11.8 Å². The third-order valence-electron chi connectivity index (χ3n) is 7.10. The quantitative estimate of drug-likeness (QED) is 0.470. The molecule has 36 heavy (non-hydrogen) atoms. The van der Waals surface area contributed by atoms with Crippen LogP contribution < -0.4 is 5.32 Å². The lowest BCUT2D eigenvalue weighted by molar-refractivity contribution is -0.152. The normalized spacial score (nSPS) is 22.8. The summed E-state index contributed by atoms with van der Waals surface area (Å²) in [5.41, 5.74) is 2.27. The smallest absolute Gasteiger partial charge is 0.309 e. The van der Waals surface area contributed by atoms with Crippen LogP contribution in [0.1, 0.15) is 43.2 Å². The van der Waals surface area contributed by atoms with Gasteiger partial charge < -0.3 is 15.0 Å². The first kappa shape index (κ1) is 25.7. The summed E-state index contributed by atoms with van der Waals surface area (Å²) in [4.78, 5) is 40.9. The molecule has 2 aromatic carbocycles. The fourth-order valence-corrected chi connectivity index (χ4v) is 5.07. The van der Waals surface area contributed by atoms with E-state index in [1.165, 1.54) is 5.56 Å². The maximum Gasteiger partial charge on any atom is 0.309 e. The van der Waals surface area contributed by atoms with Gasteiger partial charge in [0.15, 0.2) is 0 Å². The molecule has 190 valence electrons. The Balaban J connectivity index is 1.40. The molecule has 0 radical (unpaired) electrons. The maximum atomic E-state index is 13.4. The summed E-state index contributed by atoms with van der Waals surface area (Å²) in [6, 6.07) is 19.9. The topological polar surface area (TPSA) is 75.7 Å². The molecule has 2 heterocycles. The number of rotatable bonds is 7. The lowest BCUT2D eigenvalue weighted by Gasteiger charge is -2.29. The Morgan fingerprint density at radius 3 is 2.31 bits per heavy atom. The number of benzene rings is 2. The molecule has 2 aliphatic heterocycles. The van der Waals surface area contributed by atoms with E-state index < -0.39 is 5.92 Å². The lowest BCUT2D eigenvalue weighted by Crippen LogP contribution is -2.43. The number of fused-ring (bicyclic) bond motifs is 1. The van der Waals surface area contributed by atoms with Crippen LogP contribution in [0.15, 0.2) is 72.8 Å². The molecular weight excluding hydrogens is 452 g/mol. The number of cyclic esters (lactones) is 1. The largest absolute Gasteiger partial charge is 0.463 e. The van der Waals surface area contributed by atoms with Crippen LogP contribution in [0.2, 0.25) is 0 Å². The molecule has 1 N–H and O–H groups in total. The van der Waals surface area contributed by atoms with E-state index in [1.54, 1.807) is 0 Å². The third kappa shape index (κ3) is 7.30. The Bertz CT molecular complexity index is 1040. The molecule has 2 aromatic rings. The van der Waals surface area contributed by atoms with Gasteiger partial charge in [0.05, 0.1) is 17.9 Å². The molecule has 2 aliphatic rings. The molecule has 0 aliphatic carbocycles. The Labute approximate surface area is 213 Å². The van der Waals surface area contributed by atoms with Crippen LogP contribution in [0, 0.1) is 11.8 Å². The van der Waals surface area contributed by atoms with Gasteiger partial charge in [-0.3, -0.25) is 14.4 Å². The number of esters is 1. The molecule has 0 saturated carbocycles. The molecule has 4 rings (SSSR count). The van der Waals surface area contributed by atoms with Crippen molar-refractivity contribution < 1.29 is 19.1 Å². The SMILES string of the molecule is O=C(C[C@H]1CC=CC[C@H](Cc2ccccc2)C(=O)OC[C@@H]2CCCN2C1=O)NCCc1ccccc1. The van der Waals surface area contributed by atoms with Gasteiger partial charge in [-0.25, -0.2) is 0 Å². The lowest BCUT2D eigenvalue weighted by atomic mass is 9.94. The molecule has 0 spiro atoms. The molecule has 1 fully saturated rings. The maximum absolute atomic E-state index is 13.4. The van der Waals surface area contributed by atoms with E-state index in [0.717, 1.165) is 24.8 Å². The van der Waals surface area contributed by atoms with Crippen LogP contribution in [0.3, 0.4) is 0 Å². The number of amides is 2. The molecular formula is C30H36N2O4. The summed E-state index contributed by atoms with van der Waals surface area (Å²) < 4.78 is 5.73. The summed E-state index contributed by atoms with van der Waals surface area (Å²) in [7, 11) is 0. The van der Waals surface area contributed by atoms with Crippen LogP contribution >= 0.6 is 0 Å². The molecule has 3 atom stereocenters. The van der Waals surface area contributed by atoms with Gasteiger partial charge in [0, 0.05) is 19.5 Å². The number of carbonyl (C=O) groups is 3. The van der Waals surface area contributed by atoms with Crippen molar-refractivity contribution in [2.45, 2.75) is 51.0 Å². The van der Waals surface area contributed by atoms with Crippen molar-refractivity contribution >= 4 is 17.8 Å². The second kappa shape index (κ2) is 13.1. The zero-order valence-corrected chi connectivity index (χ0v) is 20.8. The average Bonchev–Trinajstić information content (AvgIpc) is 3.37. The number of hydrogen-bond acceptors (Lipinski definition) is 4. The van der Waals surface area contributed by atoms with Crippen LogP contribution in [0.25, 0.3) is 0 Å². The van der Waals surface area contributed by atoms with Crippen LogP contribution in [-0.4, -0.2) is 48.4 Å². The van der Waals surface area contributed by atoms with E-state index in [-0.39, 0.29) is 42.8 Å². The predicted molar refractivity (Wildman–Crippen MR) is 139 cm³/mol. The third-order valence-corrected chi connectivity index (χ3v) is 7.10. The Morgan fingerprint density at radius 2 is 1.58 bits per heavy atom. The number of hydrogen-bond donors (Lipinski definition) is 1. The van der Waals surface area contributed by atoms with Gasteiger partial charge in [-0.2, -0.15) is 0 Å². The summed E-state index contributed by atoms with van der Waals surface area (Å²) in [5, 5.41) is 2.98. The van der Waals surface area contributed by atoms with Crippen LogP contribution in [0.4, 0.5) is 0 Å². The second-order valence-electron chi connectivity index (χ2n) is 9.77. The van der Waals surface area contributed by atoms with Gasteiger partial charge in [0.25, 0.3) is 0 Å². The summed E-state index contributed by atoms with van der Waals surface area (Å²) in [5.74, 6) is -1.01. The van der Waals surface area contributed by atoms with Gasteiger partial charge in [0.1, 0.15) is 6.61 Å². The van der Waals surface area contributed by atoms with Crippen molar-refractivity contribution in [1.82, 2.24) is 10.2 Å². The molecule has 0 aromatic heterocycles. The summed E-state index contributed by atoms with van der Waals surface area (Å²) in [6.45, 7) is 1.41. The highest BCUT2D eigenvalue weighted by atomic mass is 16.5. The first-order valence-electron chi connectivity index (χ1n) is 13.1. The van der Waals surface area contributed by atoms with E-state index in [0.29, 0.717) is 32.4 Å². The number of carbonyl (C=O) groups excluding carboxylic acids is 3. The number of allylic oxidation sites excluding steroid dienone is 2. The van der Waals surface area contributed by atoms with Crippen LogP contribution in [0.5, 0.6) is 0 Å². The number of ether oxygens (including phenoxy) is 1. The Morgan fingerprint density at radius 1 is 0.917 bits per heavy atom. The van der Waals surface area contributed by atoms with Crippen molar-refractivity contribution in [2.75, 3.05) is 19.7 Å². The minimum absolute atomic E-state index is 0.0159. The molecule has 0 bridgehead atoms. The number of nitrogens with zero attached hydrogens (tertiary/aromatic N) is 1. The van der Waals surface area contributed by atoms with E-state index in [9.17, 15) is 14.4 Å². The molecule has 6 heteroatoms. The van der Waals surface area contributed by atoms with Crippen molar-refractivity contribution in [3.63, 3.8) is 0 Å². The van der Waals surface area contributed by atoms with E-state index >= 15 is 0 Å². The Hall–Kier alpha value is -3.41. The summed E-state index contributed by atoms with van der Waals surface area (Å²) in [6.07, 6.45) is 8.19. The summed E-state index contributed by atoms with van der Waals surface area (Å²) >= 11 is 0. The predicted octanol–water partition coefficient (Wildman–Crippen LogP) is 4.09. The van der Waals surface area contributed by atoms with Gasteiger partial charge in [0.2, 0.25) is 11.8 Å². The zero-order chi connectivity index (χ0) is 25.2. The van der Waals surface area contributed by atoms with Gasteiger partial charge in [-0.15, -0.1) is 0 Å². The first-order chi connectivity index (χ1) is 17.6. The first-order valence-corrected chi connectivity index (χ1v) is 13.1. The fraction of sp³-hybridized carbons (Fsp3) is 0.433. The highest BCUT2D eigenvalue weighted by molar-refractivity contribution is 5.86. The minimum atomic E-state index is -0.415. The Kier molecular flexibility index (Phi) is 9.31. The van der Waals surface area contributed by atoms with Crippen LogP contribution in [-0.2, 0) is 32.0 Å². The van der Waals surface area contributed by atoms with E-state index in [4.69, 9.17) is 4.74 Å². The minimum Gasteiger partial charge on any atom is -0.463 e. The van der Waals surface area contributed by atoms with Crippen molar-refractivity contribution in [3.05, 3.63) is 83.9 Å². The monoisotopic (exact) mass is 488 g/mol. The van der Waals surface area contributed by atoms with E-state index in [2.05, 4.69) is 5.32 Å². The van der Waals surface area contributed by atoms with Gasteiger partial charge in [-0.05, 0) is 49.7 Å². The van der Waals surface area contributed by atoms with Crippen molar-refractivity contribution in [3.8, 4) is 0 Å². The highest BCUT2D eigenvalue weighted by Crippen LogP contribution is 2.25. The fourth-order valence-electron chi connectivity index (χ4n) is 5.07. The molecule has 6 nitrogen and oxygen atoms in total. The van der Waals surface area contributed by atoms with Crippen molar-refractivity contribution in [1.29, 1.82) is 0 Å². The standard InChI is InChI=1S/C30H36N2O4/c33-28(31-18-17-23-10-3-1-4-11-23)21-25-14-7-8-15-26(20-24-12-5-2-6-13-24)30(35)36-22-27-16-9-19-32(27)29(25)34/h1-8,10-13,25-27H,9,14-22H2,(H,31,33)/t25-,26-,27+/m1/s1. The van der Waals surface area contributed by atoms with E-state index in [1.807, 2.05) is 77.7 Å². The second-order valence-corrected chi connectivity index (χ2v) is 9.77. The molecule has 2 amide bonds. The highest BCUT2D eigenvalue weighted by Gasteiger charge is 2.35. The van der Waals surface area contributed by atoms with Gasteiger partial charge >= 0.3 is 5.97 Å². The molecule has 1 saturated heterocycles. The average molecular weight is 489 g/mol. The van der Waals surface area contributed by atoms with Gasteiger partial charge in [-0.1, -0.05) is 72.8 Å².